The molecule has 0 unspecified atom stereocenters. The van der Waals surface area contributed by atoms with Crippen LogP contribution in [-0.4, -0.2) is 101 Å². The van der Waals surface area contributed by atoms with Crippen molar-refractivity contribution in [1.82, 2.24) is 24.3 Å². The normalized spacial score (nSPS) is 14.5. The van der Waals surface area contributed by atoms with Gasteiger partial charge in [-0.15, -0.1) is 0 Å². The molecule has 3 rings (SSSR count). The standard InChI is InChI=1S/C31H53N5O4/c1-6-11-18-36-27-23-26(39-21-12-16-33(7-2)8-3)24-28(40-22-13-17-34(9-4)10-5)29(27)32-30(36)25-14-19-35(20-15-25)31(37)38/h23-25H,6-22H2,1-5H3,(H,37,38). The first kappa shape index (κ1) is 32.0. The third kappa shape index (κ3) is 8.74. The Kier molecular flexibility index (Phi) is 13.3. The van der Waals surface area contributed by atoms with E-state index >= 15 is 0 Å². The van der Waals surface area contributed by atoms with Gasteiger partial charge in [-0.2, -0.15) is 0 Å². The Hall–Kier alpha value is -2.52. The third-order valence-electron chi connectivity index (χ3n) is 8.24. The monoisotopic (exact) mass is 559 g/mol. The zero-order valence-electron chi connectivity index (χ0n) is 25.7. The summed E-state index contributed by atoms with van der Waals surface area (Å²) in [5, 5.41) is 9.43. The molecule has 9 heteroatoms. The number of likely N-dealkylation sites (tertiary alicyclic amines) is 1. The fraction of sp³-hybridized carbons (Fsp3) is 0.742. The highest BCUT2D eigenvalue weighted by Gasteiger charge is 2.28. The van der Waals surface area contributed by atoms with Crippen molar-refractivity contribution < 1.29 is 19.4 Å². The Labute approximate surface area is 241 Å². The number of aryl methyl sites for hydroxylation is 1. The maximum absolute atomic E-state index is 11.5. The Bertz CT molecular complexity index is 1030. The molecular formula is C31H53N5O4. The van der Waals surface area contributed by atoms with Gasteiger partial charge in [0.25, 0.3) is 0 Å². The van der Waals surface area contributed by atoms with Crippen LogP contribution >= 0.6 is 0 Å². The highest BCUT2D eigenvalue weighted by Crippen LogP contribution is 2.36. The molecule has 1 aliphatic heterocycles. The quantitative estimate of drug-likeness (QED) is 0.227. The number of fused-ring (bicyclic) bond motifs is 1. The average Bonchev–Trinajstić information content (AvgIpc) is 3.34. The van der Waals surface area contributed by atoms with Crippen molar-refractivity contribution in [2.75, 3.05) is 65.6 Å². The molecule has 1 aromatic heterocycles. The van der Waals surface area contributed by atoms with Gasteiger partial charge in [0.2, 0.25) is 0 Å². The van der Waals surface area contributed by atoms with E-state index in [2.05, 4.69) is 55.1 Å². The largest absolute Gasteiger partial charge is 0.493 e. The van der Waals surface area contributed by atoms with E-state index in [1.807, 2.05) is 6.07 Å². The number of amides is 1. The molecule has 1 aromatic carbocycles. The molecule has 1 N–H and O–H groups in total. The van der Waals surface area contributed by atoms with Crippen molar-refractivity contribution in [1.29, 1.82) is 0 Å². The van der Waals surface area contributed by atoms with E-state index in [0.717, 1.165) is 113 Å². The first-order valence-corrected chi connectivity index (χ1v) is 15.7. The van der Waals surface area contributed by atoms with Crippen LogP contribution in [0.3, 0.4) is 0 Å². The SMILES string of the molecule is CCCCn1c(C2CCN(C(=O)O)CC2)nc2c(OCCCN(CC)CC)cc(OCCCN(CC)CC)cc21. The number of ether oxygens (including phenoxy) is 2. The molecule has 0 aliphatic carbocycles. The van der Waals surface area contributed by atoms with Gasteiger partial charge < -0.3 is 33.8 Å². The minimum Gasteiger partial charge on any atom is -0.493 e. The van der Waals surface area contributed by atoms with Crippen LogP contribution in [0.25, 0.3) is 11.0 Å². The molecule has 40 heavy (non-hydrogen) atoms. The van der Waals surface area contributed by atoms with E-state index in [4.69, 9.17) is 14.5 Å². The number of piperidine rings is 1. The lowest BCUT2D eigenvalue weighted by molar-refractivity contribution is 0.131. The molecule has 1 saturated heterocycles. The van der Waals surface area contributed by atoms with Gasteiger partial charge in [-0.25, -0.2) is 9.78 Å². The van der Waals surface area contributed by atoms with E-state index in [1.165, 1.54) is 4.90 Å². The fourth-order valence-corrected chi connectivity index (χ4v) is 5.60. The first-order chi connectivity index (χ1) is 19.4. The lowest BCUT2D eigenvalue weighted by atomic mass is 9.96. The molecule has 1 aliphatic rings. The van der Waals surface area contributed by atoms with Gasteiger partial charge in [-0.3, -0.25) is 0 Å². The molecule has 0 saturated carbocycles. The number of unbranched alkanes of at least 4 members (excludes halogenated alkanes) is 1. The number of hydrogen-bond donors (Lipinski definition) is 1. The number of nitrogens with zero attached hydrogens (tertiary/aromatic N) is 5. The number of carbonyl (C=O) groups is 1. The van der Waals surface area contributed by atoms with Gasteiger partial charge in [-0.1, -0.05) is 41.0 Å². The molecule has 0 radical (unpaired) electrons. The molecule has 226 valence electrons. The fourth-order valence-electron chi connectivity index (χ4n) is 5.60. The Balaban J connectivity index is 1.88. The summed E-state index contributed by atoms with van der Waals surface area (Å²) < 4.78 is 15.1. The van der Waals surface area contributed by atoms with E-state index in [0.29, 0.717) is 26.3 Å². The Morgan fingerprint density at radius 1 is 0.925 bits per heavy atom. The van der Waals surface area contributed by atoms with Crippen molar-refractivity contribution >= 4 is 17.1 Å². The zero-order chi connectivity index (χ0) is 28.9. The van der Waals surface area contributed by atoms with Crippen molar-refractivity contribution in [3.8, 4) is 11.5 Å². The van der Waals surface area contributed by atoms with Crippen molar-refractivity contribution in [3.05, 3.63) is 18.0 Å². The minimum absolute atomic E-state index is 0.230. The average molecular weight is 560 g/mol. The second-order valence-electron chi connectivity index (χ2n) is 10.8. The third-order valence-corrected chi connectivity index (χ3v) is 8.24. The molecule has 0 atom stereocenters. The lowest BCUT2D eigenvalue weighted by Gasteiger charge is -2.30. The Morgan fingerprint density at radius 3 is 2.08 bits per heavy atom. The summed E-state index contributed by atoms with van der Waals surface area (Å²) in [6.45, 7) is 20.5. The van der Waals surface area contributed by atoms with Crippen LogP contribution in [0.5, 0.6) is 11.5 Å². The summed E-state index contributed by atoms with van der Waals surface area (Å²) in [4.78, 5) is 23.0. The molecular weight excluding hydrogens is 506 g/mol. The summed E-state index contributed by atoms with van der Waals surface area (Å²) >= 11 is 0. The van der Waals surface area contributed by atoms with Crippen LogP contribution in [-0.2, 0) is 6.54 Å². The van der Waals surface area contributed by atoms with E-state index in [-0.39, 0.29) is 5.92 Å². The zero-order valence-corrected chi connectivity index (χ0v) is 25.7. The summed E-state index contributed by atoms with van der Waals surface area (Å²) in [5.41, 5.74) is 1.95. The lowest BCUT2D eigenvalue weighted by Crippen LogP contribution is -2.37. The topological polar surface area (TPSA) is 83.3 Å². The van der Waals surface area contributed by atoms with Crippen molar-refractivity contribution in [3.63, 3.8) is 0 Å². The van der Waals surface area contributed by atoms with Gasteiger partial charge in [0.15, 0.2) is 5.75 Å². The van der Waals surface area contributed by atoms with E-state index < -0.39 is 6.09 Å². The Morgan fingerprint density at radius 2 is 1.52 bits per heavy atom. The maximum Gasteiger partial charge on any atom is 0.407 e. The summed E-state index contributed by atoms with van der Waals surface area (Å²) in [5.74, 6) is 2.90. The first-order valence-electron chi connectivity index (χ1n) is 15.7. The molecule has 1 fully saturated rings. The van der Waals surface area contributed by atoms with Crippen LogP contribution in [0.2, 0.25) is 0 Å². The van der Waals surface area contributed by atoms with Crippen LogP contribution in [0.4, 0.5) is 4.79 Å². The molecule has 0 spiro atoms. The molecule has 9 nitrogen and oxygen atoms in total. The van der Waals surface area contributed by atoms with E-state index in [1.54, 1.807) is 0 Å². The highest BCUT2D eigenvalue weighted by atomic mass is 16.5. The summed E-state index contributed by atoms with van der Waals surface area (Å²) in [6, 6.07) is 4.15. The summed E-state index contributed by atoms with van der Waals surface area (Å²) in [7, 11) is 0. The van der Waals surface area contributed by atoms with Gasteiger partial charge in [0.1, 0.15) is 17.1 Å². The second-order valence-corrected chi connectivity index (χ2v) is 10.8. The maximum atomic E-state index is 11.5. The van der Waals surface area contributed by atoms with Crippen molar-refractivity contribution in [2.45, 2.75) is 85.6 Å². The number of benzene rings is 1. The number of imidazole rings is 1. The summed E-state index contributed by atoms with van der Waals surface area (Å²) in [6.07, 6.45) is 4.82. The number of carboxylic acid groups (broad SMARTS) is 1. The molecule has 0 bridgehead atoms. The van der Waals surface area contributed by atoms with Gasteiger partial charge in [-0.05, 0) is 58.3 Å². The smallest absolute Gasteiger partial charge is 0.407 e. The molecule has 2 aromatic rings. The van der Waals surface area contributed by atoms with Gasteiger partial charge in [0.05, 0.1) is 18.7 Å². The van der Waals surface area contributed by atoms with Crippen molar-refractivity contribution in [2.24, 2.45) is 0 Å². The van der Waals surface area contributed by atoms with Gasteiger partial charge >= 0.3 is 6.09 Å². The van der Waals surface area contributed by atoms with Crippen LogP contribution in [0.1, 0.15) is 84.9 Å². The number of rotatable bonds is 18. The predicted molar refractivity (Wildman–Crippen MR) is 162 cm³/mol. The number of aromatic nitrogens is 2. The van der Waals surface area contributed by atoms with Gasteiger partial charge in [0, 0.05) is 50.8 Å². The molecule has 2 heterocycles. The highest BCUT2D eigenvalue weighted by molar-refractivity contribution is 5.84. The van der Waals surface area contributed by atoms with Crippen LogP contribution in [0, 0.1) is 0 Å². The molecule has 1 amide bonds. The second kappa shape index (κ2) is 16.7. The van der Waals surface area contributed by atoms with E-state index in [9.17, 15) is 9.90 Å². The van der Waals surface area contributed by atoms with Crippen LogP contribution in [0.15, 0.2) is 12.1 Å². The number of hydrogen-bond acceptors (Lipinski definition) is 6. The minimum atomic E-state index is -0.832. The predicted octanol–water partition coefficient (Wildman–Crippen LogP) is 5.92. The van der Waals surface area contributed by atoms with Crippen LogP contribution < -0.4 is 9.47 Å².